The lowest BCUT2D eigenvalue weighted by Gasteiger charge is -2.10. The van der Waals surface area contributed by atoms with Gasteiger partial charge in [0.2, 0.25) is 0 Å². The van der Waals surface area contributed by atoms with E-state index in [2.05, 4.69) is 34.7 Å². The summed E-state index contributed by atoms with van der Waals surface area (Å²) >= 11 is 0. The van der Waals surface area contributed by atoms with E-state index < -0.39 is 0 Å². The summed E-state index contributed by atoms with van der Waals surface area (Å²) in [7, 11) is 0. The average molecular weight is 339 g/mol. The van der Waals surface area contributed by atoms with Crippen LogP contribution >= 0.6 is 0 Å². The number of fused-ring (bicyclic) bond motifs is 1. The van der Waals surface area contributed by atoms with Gasteiger partial charge in [0.05, 0.1) is 6.20 Å². The molecule has 0 atom stereocenters. The van der Waals surface area contributed by atoms with Gasteiger partial charge in [-0.3, -0.25) is 0 Å². The molecule has 1 aromatic carbocycles. The van der Waals surface area contributed by atoms with Crippen molar-refractivity contribution in [1.82, 2.24) is 14.8 Å². The molecule has 5 heteroatoms. The van der Waals surface area contributed by atoms with E-state index in [0.29, 0.717) is 12.5 Å². The molecule has 0 unspecified atom stereocenters. The first kappa shape index (κ1) is 17.1. The van der Waals surface area contributed by atoms with Gasteiger partial charge in [0.1, 0.15) is 17.9 Å². The van der Waals surface area contributed by atoms with Crippen LogP contribution in [0.2, 0.25) is 0 Å². The normalized spacial score (nSPS) is 11.5. The van der Waals surface area contributed by atoms with Gasteiger partial charge < -0.3 is 9.30 Å². The van der Waals surface area contributed by atoms with E-state index >= 15 is 0 Å². The summed E-state index contributed by atoms with van der Waals surface area (Å²) in [6, 6.07) is 6.28. The third-order valence-corrected chi connectivity index (χ3v) is 4.40. The molecular formula is C20H22FN3O. The molecule has 2 aromatic heterocycles. The largest absolute Gasteiger partial charge is 0.470 e. The van der Waals surface area contributed by atoms with E-state index in [1.165, 1.54) is 23.4 Å². The van der Waals surface area contributed by atoms with Gasteiger partial charge in [-0.25, -0.2) is 4.39 Å². The number of hydrogen-bond acceptors (Lipinski definition) is 3. The molecule has 0 aliphatic rings. The summed E-state index contributed by atoms with van der Waals surface area (Å²) in [5.41, 5.74) is 4.32. The Hall–Kier alpha value is -2.69. The highest BCUT2D eigenvalue weighted by molar-refractivity contribution is 5.88. The Labute approximate surface area is 147 Å². The van der Waals surface area contributed by atoms with Crippen molar-refractivity contribution in [2.45, 2.75) is 40.3 Å². The zero-order valence-electron chi connectivity index (χ0n) is 14.8. The number of rotatable bonds is 6. The summed E-state index contributed by atoms with van der Waals surface area (Å²) in [4.78, 5) is 0. The van der Waals surface area contributed by atoms with Gasteiger partial charge in [0.15, 0.2) is 0 Å². The smallest absolute Gasteiger partial charge is 0.258 e. The topological polar surface area (TPSA) is 39.9 Å². The summed E-state index contributed by atoms with van der Waals surface area (Å²) in [6.07, 6.45) is 6.87. The molecule has 0 radical (unpaired) electrons. The van der Waals surface area contributed by atoms with Crippen LogP contribution in [0.3, 0.4) is 0 Å². The predicted molar refractivity (Wildman–Crippen MR) is 97.2 cm³/mol. The summed E-state index contributed by atoms with van der Waals surface area (Å²) in [5.74, 6) is 0.253. The van der Waals surface area contributed by atoms with Crippen LogP contribution in [0.15, 0.2) is 42.6 Å². The lowest BCUT2D eigenvalue weighted by Crippen LogP contribution is -2.03. The number of ether oxygens (including phenoxy) is 1. The van der Waals surface area contributed by atoms with E-state index in [1.807, 2.05) is 13.0 Å². The van der Waals surface area contributed by atoms with Crippen molar-refractivity contribution in [2.24, 2.45) is 0 Å². The molecule has 25 heavy (non-hydrogen) atoms. The maximum atomic E-state index is 13.0. The number of hydrogen-bond donors (Lipinski definition) is 0. The average Bonchev–Trinajstić information content (AvgIpc) is 2.90. The quantitative estimate of drug-likeness (QED) is 0.616. The molecule has 0 N–H and O–H groups in total. The van der Waals surface area contributed by atoms with Crippen LogP contribution in [0, 0.1) is 12.7 Å². The number of benzene rings is 1. The first-order chi connectivity index (χ1) is 12.2. The van der Waals surface area contributed by atoms with Crippen molar-refractivity contribution in [3.63, 3.8) is 0 Å². The fourth-order valence-corrected chi connectivity index (χ4v) is 3.08. The lowest BCUT2D eigenvalue weighted by molar-refractivity contribution is 0.293. The first-order valence-electron chi connectivity index (χ1n) is 8.47. The minimum absolute atomic E-state index is 0.255. The molecule has 3 rings (SSSR count). The molecule has 0 bridgehead atoms. The molecule has 0 saturated carbocycles. The SMILES string of the molecule is C/C=C/Cn1c(C)c(CC)c2cnnc(OCc3ccc(F)cc3)c21. The molecule has 2 heterocycles. The van der Waals surface area contributed by atoms with Gasteiger partial charge in [-0.1, -0.05) is 31.2 Å². The second-order valence-electron chi connectivity index (χ2n) is 5.92. The molecule has 0 amide bonds. The fourth-order valence-electron chi connectivity index (χ4n) is 3.08. The van der Waals surface area contributed by atoms with E-state index in [-0.39, 0.29) is 5.82 Å². The van der Waals surface area contributed by atoms with Crippen molar-refractivity contribution >= 4 is 10.9 Å². The number of aromatic nitrogens is 3. The van der Waals surface area contributed by atoms with Crippen LogP contribution < -0.4 is 4.74 Å². The molecule has 0 spiro atoms. The number of nitrogens with zero attached hydrogens (tertiary/aromatic N) is 3. The molecule has 130 valence electrons. The van der Waals surface area contributed by atoms with Gasteiger partial charge >= 0.3 is 0 Å². The molecule has 0 fully saturated rings. The van der Waals surface area contributed by atoms with E-state index in [1.54, 1.807) is 18.3 Å². The van der Waals surface area contributed by atoms with E-state index in [4.69, 9.17) is 4.74 Å². The highest BCUT2D eigenvalue weighted by Crippen LogP contribution is 2.31. The van der Waals surface area contributed by atoms with Crippen LogP contribution in [0.25, 0.3) is 10.9 Å². The summed E-state index contributed by atoms with van der Waals surface area (Å²) in [6.45, 7) is 7.35. The standard InChI is InChI=1S/C20H22FN3O/c1-4-6-11-24-14(3)17(5-2)18-12-22-23-20(19(18)24)25-13-15-7-9-16(21)10-8-15/h4,6-10,12H,5,11,13H2,1-3H3/b6-4+. The maximum Gasteiger partial charge on any atom is 0.258 e. The molecule has 0 aliphatic heterocycles. The van der Waals surface area contributed by atoms with Crippen LogP contribution in [-0.4, -0.2) is 14.8 Å². The Kier molecular flexibility index (Phi) is 5.12. The third kappa shape index (κ3) is 3.40. The number of aryl methyl sites for hydroxylation is 1. The second kappa shape index (κ2) is 7.47. The summed E-state index contributed by atoms with van der Waals surface area (Å²) < 4.78 is 21.2. The Morgan fingerprint density at radius 3 is 2.68 bits per heavy atom. The number of halogens is 1. The first-order valence-corrected chi connectivity index (χ1v) is 8.47. The van der Waals surface area contributed by atoms with Crippen LogP contribution in [0.1, 0.15) is 30.7 Å². The molecular weight excluding hydrogens is 317 g/mol. The molecule has 0 saturated heterocycles. The molecule has 4 nitrogen and oxygen atoms in total. The second-order valence-corrected chi connectivity index (χ2v) is 5.92. The third-order valence-electron chi connectivity index (χ3n) is 4.40. The number of allylic oxidation sites excluding steroid dienone is 2. The molecule has 0 aliphatic carbocycles. The van der Waals surface area contributed by atoms with Crippen LogP contribution in [0.4, 0.5) is 4.39 Å². The Morgan fingerprint density at radius 1 is 1.24 bits per heavy atom. The highest BCUT2D eigenvalue weighted by Gasteiger charge is 2.17. The Morgan fingerprint density at radius 2 is 2.00 bits per heavy atom. The minimum atomic E-state index is -0.255. The monoisotopic (exact) mass is 339 g/mol. The van der Waals surface area contributed by atoms with Crippen LogP contribution in [0.5, 0.6) is 5.88 Å². The zero-order valence-corrected chi connectivity index (χ0v) is 14.8. The predicted octanol–water partition coefficient (Wildman–Crippen LogP) is 4.60. The summed E-state index contributed by atoms with van der Waals surface area (Å²) in [5, 5.41) is 9.40. The Balaban J connectivity index is 2.00. The van der Waals surface area contributed by atoms with Crippen LogP contribution in [-0.2, 0) is 19.6 Å². The van der Waals surface area contributed by atoms with E-state index in [9.17, 15) is 4.39 Å². The Bertz CT molecular complexity index is 897. The van der Waals surface area contributed by atoms with Crippen molar-refractivity contribution < 1.29 is 9.13 Å². The van der Waals surface area contributed by atoms with E-state index in [0.717, 1.165) is 29.4 Å². The minimum Gasteiger partial charge on any atom is -0.470 e. The van der Waals surface area contributed by atoms with Crippen molar-refractivity contribution in [2.75, 3.05) is 0 Å². The zero-order chi connectivity index (χ0) is 17.8. The van der Waals surface area contributed by atoms with Gasteiger partial charge in [0, 0.05) is 17.6 Å². The van der Waals surface area contributed by atoms with Gasteiger partial charge in [-0.2, -0.15) is 5.10 Å². The highest BCUT2D eigenvalue weighted by atomic mass is 19.1. The van der Waals surface area contributed by atoms with Crippen molar-refractivity contribution in [3.8, 4) is 5.88 Å². The maximum absolute atomic E-state index is 13.0. The van der Waals surface area contributed by atoms with Crippen molar-refractivity contribution in [3.05, 3.63) is 65.3 Å². The molecule has 3 aromatic rings. The van der Waals surface area contributed by atoms with Gasteiger partial charge in [-0.15, -0.1) is 5.10 Å². The van der Waals surface area contributed by atoms with Gasteiger partial charge in [0.25, 0.3) is 5.88 Å². The van der Waals surface area contributed by atoms with Gasteiger partial charge in [-0.05, 0) is 43.5 Å². The van der Waals surface area contributed by atoms with Crippen molar-refractivity contribution in [1.29, 1.82) is 0 Å². The lowest BCUT2D eigenvalue weighted by atomic mass is 10.1. The fraction of sp³-hybridized carbons (Fsp3) is 0.300.